The standard InChI is InChI=1S/C18H19N3O3/c19-10-11-2-1-3-13(8-11)17(22)21-14-6-4-12(5-7-14)15-9-16(15)24-18(20)23/h1-8,15-16H,9-10,19H2,(H2,20,23)(H,21,22)/t15-,16+/m0/s1. The Morgan fingerprint density at radius 3 is 2.58 bits per heavy atom. The number of ether oxygens (including phenoxy) is 1. The number of nitrogens with one attached hydrogen (secondary N) is 1. The van der Waals surface area contributed by atoms with E-state index in [1.807, 2.05) is 36.4 Å². The lowest BCUT2D eigenvalue weighted by molar-refractivity contribution is 0.102. The van der Waals surface area contributed by atoms with E-state index in [1.54, 1.807) is 12.1 Å². The molecule has 0 spiro atoms. The fourth-order valence-electron chi connectivity index (χ4n) is 2.66. The maximum absolute atomic E-state index is 12.3. The zero-order chi connectivity index (χ0) is 17.1. The molecule has 3 rings (SSSR count). The topological polar surface area (TPSA) is 107 Å². The van der Waals surface area contributed by atoms with Crippen LogP contribution in [-0.2, 0) is 11.3 Å². The number of nitrogens with two attached hydrogens (primary N) is 2. The van der Waals surface area contributed by atoms with Crippen LogP contribution >= 0.6 is 0 Å². The van der Waals surface area contributed by atoms with Crippen LogP contribution in [0.2, 0.25) is 0 Å². The summed E-state index contributed by atoms with van der Waals surface area (Å²) in [6.07, 6.45) is -0.103. The van der Waals surface area contributed by atoms with Crippen molar-refractivity contribution in [3.8, 4) is 0 Å². The van der Waals surface area contributed by atoms with Gasteiger partial charge in [-0.1, -0.05) is 24.3 Å². The van der Waals surface area contributed by atoms with Crippen LogP contribution in [0.5, 0.6) is 0 Å². The Bertz CT molecular complexity index is 758. The number of hydrogen-bond acceptors (Lipinski definition) is 4. The van der Waals surface area contributed by atoms with E-state index in [2.05, 4.69) is 5.32 Å². The molecule has 2 amide bonds. The monoisotopic (exact) mass is 325 g/mol. The Morgan fingerprint density at radius 1 is 1.17 bits per heavy atom. The molecule has 0 aromatic heterocycles. The largest absolute Gasteiger partial charge is 0.446 e. The summed E-state index contributed by atoms with van der Waals surface area (Å²) in [4.78, 5) is 23.0. The zero-order valence-electron chi connectivity index (χ0n) is 13.1. The molecule has 5 N–H and O–H groups in total. The van der Waals surface area contributed by atoms with E-state index < -0.39 is 6.09 Å². The molecule has 0 saturated heterocycles. The van der Waals surface area contributed by atoms with E-state index in [-0.39, 0.29) is 17.9 Å². The minimum absolute atomic E-state index is 0.137. The molecule has 0 radical (unpaired) electrons. The van der Waals surface area contributed by atoms with Crippen LogP contribution in [0.3, 0.4) is 0 Å². The first-order valence-corrected chi connectivity index (χ1v) is 7.73. The predicted molar refractivity (Wildman–Crippen MR) is 90.5 cm³/mol. The number of amides is 2. The lowest BCUT2D eigenvalue weighted by atomic mass is 10.1. The van der Waals surface area contributed by atoms with Crippen LogP contribution in [0.25, 0.3) is 0 Å². The van der Waals surface area contributed by atoms with E-state index in [0.717, 1.165) is 17.5 Å². The Morgan fingerprint density at radius 2 is 1.92 bits per heavy atom. The maximum atomic E-state index is 12.3. The first-order valence-electron chi connectivity index (χ1n) is 7.73. The van der Waals surface area contributed by atoms with E-state index in [4.69, 9.17) is 16.2 Å². The molecule has 0 aliphatic heterocycles. The third kappa shape index (κ3) is 3.72. The number of carbonyl (C=O) groups is 2. The highest BCUT2D eigenvalue weighted by atomic mass is 16.6. The molecule has 1 saturated carbocycles. The Labute approximate surface area is 139 Å². The molecule has 6 nitrogen and oxygen atoms in total. The molecule has 1 fully saturated rings. The van der Waals surface area contributed by atoms with Crippen LogP contribution in [0.4, 0.5) is 10.5 Å². The van der Waals surface area contributed by atoms with Crippen molar-refractivity contribution in [3.05, 3.63) is 65.2 Å². The molecule has 0 heterocycles. The summed E-state index contributed by atoms with van der Waals surface area (Å²) in [6, 6.07) is 14.7. The highest BCUT2D eigenvalue weighted by molar-refractivity contribution is 6.04. The summed E-state index contributed by atoms with van der Waals surface area (Å²) in [5, 5.41) is 2.85. The predicted octanol–water partition coefficient (Wildman–Crippen LogP) is 2.35. The van der Waals surface area contributed by atoms with E-state index in [1.165, 1.54) is 0 Å². The summed E-state index contributed by atoms with van der Waals surface area (Å²) >= 11 is 0. The summed E-state index contributed by atoms with van der Waals surface area (Å²) in [5.74, 6) is 0.00268. The van der Waals surface area contributed by atoms with E-state index >= 15 is 0 Å². The third-order valence-electron chi connectivity index (χ3n) is 4.02. The first-order chi connectivity index (χ1) is 11.6. The second-order valence-corrected chi connectivity index (χ2v) is 5.80. The van der Waals surface area contributed by atoms with Gasteiger partial charge in [-0.05, 0) is 41.8 Å². The molecule has 6 heteroatoms. The van der Waals surface area contributed by atoms with E-state index in [9.17, 15) is 9.59 Å². The van der Waals surface area contributed by atoms with Crippen molar-refractivity contribution in [2.45, 2.75) is 25.0 Å². The highest BCUT2D eigenvalue weighted by Crippen LogP contribution is 2.43. The molecule has 2 aromatic rings. The van der Waals surface area contributed by atoms with Crippen LogP contribution in [0.1, 0.15) is 33.8 Å². The van der Waals surface area contributed by atoms with Crippen LogP contribution < -0.4 is 16.8 Å². The van der Waals surface area contributed by atoms with Gasteiger partial charge < -0.3 is 21.5 Å². The average molecular weight is 325 g/mol. The lowest BCUT2D eigenvalue weighted by Crippen LogP contribution is -2.15. The molecule has 24 heavy (non-hydrogen) atoms. The fourth-order valence-corrected chi connectivity index (χ4v) is 2.66. The number of hydrogen-bond donors (Lipinski definition) is 3. The first kappa shape index (κ1) is 16.0. The normalized spacial score (nSPS) is 18.7. The number of primary amides is 1. The molecule has 1 aliphatic carbocycles. The van der Waals surface area contributed by atoms with Crippen molar-refractivity contribution < 1.29 is 14.3 Å². The second-order valence-electron chi connectivity index (χ2n) is 5.80. The molecule has 124 valence electrons. The van der Waals surface area contributed by atoms with E-state index in [0.29, 0.717) is 17.8 Å². The van der Waals surface area contributed by atoms with Crippen molar-refractivity contribution in [1.82, 2.24) is 0 Å². The molecular formula is C18H19N3O3. The molecule has 0 bridgehead atoms. The molecular weight excluding hydrogens is 306 g/mol. The summed E-state index contributed by atoms with van der Waals surface area (Å²) in [7, 11) is 0. The Balaban J connectivity index is 1.62. The van der Waals surface area contributed by atoms with Crippen molar-refractivity contribution in [2.75, 3.05) is 5.32 Å². The number of benzene rings is 2. The van der Waals surface area contributed by atoms with Gasteiger partial charge in [-0.3, -0.25) is 4.79 Å². The van der Waals surface area contributed by atoms with Crippen molar-refractivity contribution >= 4 is 17.7 Å². The average Bonchev–Trinajstić information content (AvgIpc) is 3.34. The van der Waals surface area contributed by atoms with Crippen molar-refractivity contribution in [2.24, 2.45) is 11.5 Å². The van der Waals surface area contributed by atoms with Gasteiger partial charge in [0.05, 0.1) is 0 Å². The van der Waals surface area contributed by atoms with Gasteiger partial charge in [0.25, 0.3) is 5.91 Å². The molecule has 2 atom stereocenters. The van der Waals surface area contributed by atoms with Gasteiger partial charge in [-0.15, -0.1) is 0 Å². The second kappa shape index (κ2) is 6.72. The lowest BCUT2D eigenvalue weighted by Gasteiger charge is -2.08. The fraction of sp³-hybridized carbons (Fsp3) is 0.222. The number of carbonyl (C=O) groups excluding carboxylic acids is 2. The Hall–Kier alpha value is -2.86. The van der Waals surface area contributed by atoms with Gasteiger partial charge in [0.2, 0.25) is 0 Å². The van der Waals surface area contributed by atoms with Gasteiger partial charge in [-0.2, -0.15) is 0 Å². The van der Waals surface area contributed by atoms with Crippen LogP contribution in [0.15, 0.2) is 48.5 Å². The van der Waals surface area contributed by atoms with Gasteiger partial charge in [0.1, 0.15) is 6.10 Å². The quantitative estimate of drug-likeness (QED) is 0.784. The summed E-state index contributed by atoms with van der Waals surface area (Å²) in [6.45, 7) is 0.395. The van der Waals surface area contributed by atoms with Crippen LogP contribution in [-0.4, -0.2) is 18.1 Å². The van der Waals surface area contributed by atoms with Gasteiger partial charge in [0, 0.05) is 23.7 Å². The van der Waals surface area contributed by atoms with Crippen molar-refractivity contribution in [1.29, 1.82) is 0 Å². The van der Waals surface area contributed by atoms with Crippen LogP contribution in [0, 0.1) is 0 Å². The molecule has 0 unspecified atom stereocenters. The summed E-state index contributed by atoms with van der Waals surface area (Å²) < 4.78 is 4.96. The van der Waals surface area contributed by atoms with Gasteiger partial charge in [0.15, 0.2) is 0 Å². The molecule has 1 aliphatic rings. The zero-order valence-corrected chi connectivity index (χ0v) is 13.1. The molecule has 2 aromatic carbocycles. The third-order valence-corrected chi connectivity index (χ3v) is 4.02. The van der Waals surface area contributed by atoms with Gasteiger partial charge >= 0.3 is 6.09 Å². The van der Waals surface area contributed by atoms with Gasteiger partial charge in [-0.25, -0.2) is 4.79 Å². The Kier molecular flexibility index (Phi) is 4.48. The summed E-state index contributed by atoms with van der Waals surface area (Å²) in [5.41, 5.74) is 13.8. The SMILES string of the molecule is NCc1cccc(C(=O)Nc2ccc([C@@H]3C[C@H]3OC(N)=O)cc2)c1. The maximum Gasteiger partial charge on any atom is 0.404 e. The number of anilines is 1. The number of rotatable bonds is 5. The minimum atomic E-state index is -0.744. The van der Waals surface area contributed by atoms with Crippen molar-refractivity contribution in [3.63, 3.8) is 0 Å². The minimum Gasteiger partial charge on any atom is -0.446 e. The smallest absolute Gasteiger partial charge is 0.404 e. The highest BCUT2D eigenvalue weighted by Gasteiger charge is 2.41.